The van der Waals surface area contributed by atoms with E-state index in [0.29, 0.717) is 4.47 Å². The van der Waals surface area contributed by atoms with Gasteiger partial charge in [0.25, 0.3) is 0 Å². The minimum absolute atomic E-state index is 0.0634. The summed E-state index contributed by atoms with van der Waals surface area (Å²) in [5, 5.41) is 8.60. The maximum Gasteiger partial charge on any atom is 0.167 e. The maximum absolute atomic E-state index is 13.5. The average Bonchev–Trinajstić information content (AvgIpc) is 2.30. The second-order valence-electron chi connectivity index (χ2n) is 3.46. The predicted molar refractivity (Wildman–Crippen MR) is 65.3 cm³/mol. The number of nitrogens with zero attached hydrogens (tertiary/aromatic N) is 1. The number of hydrogen-bond donors (Lipinski definition) is 0. The van der Waals surface area contributed by atoms with Crippen LogP contribution in [0.15, 0.2) is 40.9 Å². The van der Waals surface area contributed by atoms with Crippen molar-refractivity contribution in [3.63, 3.8) is 0 Å². The molecule has 2 nitrogen and oxygen atoms in total. The summed E-state index contributed by atoms with van der Waals surface area (Å²) in [5.41, 5.74) is 0.195. The van der Waals surface area contributed by atoms with E-state index in [9.17, 15) is 8.78 Å². The van der Waals surface area contributed by atoms with Crippen LogP contribution in [0.1, 0.15) is 5.56 Å². The van der Waals surface area contributed by atoms with Gasteiger partial charge in [-0.05, 0) is 30.3 Å². The van der Waals surface area contributed by atoms with Crippen LogP contribution in [0.3, 0.4) is 0 Å². The zero-order chi connectivity index (χ0) is 13.1. The fourth-order valence-corrected chi connectivity index (χ4v) is 1.81. The Bertz CT molecular complexity index is 617. The van der Waals surface area contributed by atoms with Crippen molar-refractivity contribution in [1.29, 1.82) is 5.26 Å². The van der Waals surface area contributed by atoms with Crippen LogP contribution in [0, 0.1) is 23.0 Å². The summed E-state index contributed by atoms with van der Waals surface area (Å²) in [6.07, 6.45) is 0. The Morgan fingerprint density at radius 3 is 2.50 bits per heavy atom. The van der Waals surface area contributed by atoms with E-state index >= 15 is 0 Å². The minimum Gasteiger partial charge on any atom is -0.454 e. The topological polar surface area (TPSA) is 33.0 Å². The lowest BCUT2D eigenvalue weighted by Crippen LogP contribution is -1.90. The summed E-state index contributed by atoms with van der Waals surface area (Å²) in [5.74, 6) is -1.06. The Morgan fingerprint density at radius 1 is 1.11 bits per heavy atom. The minimum atomic E-state index is -0.672. The second-order valence-corrected chi connectivity index (χ2v) is 4.38. The van der Waals surface area contributed by atoms with E-state index in [-0.39, 0.29) is 17.1 Å². The smallest absolute Gasteiger partial charge is 0.167 e. The van der Waals surface area contributed by atoms with Crippen LogP contribution in [-0.2, 0) is 0 Å². The van der Waals surface area contributed by atoms with E-state index in [1.807, 2.05) is 6.07 Å². The van der Waals surface area contributed by atoms with Crippen LogP contribution >= 0.6 is 15.9 Å². The molecule has 0 aromatic heterocycles. The fourth-order valence-electron chi connectivity index (χ4n) is 1.37. The first-order valence-electron chi connectivity index (χ1n) is 4.92. The van der Waals surface area contributed by atoms with Gasteiger partial charge in [-0.15, -0.1) is 0 Å². The van der Waals surface area contributed by atoms with Gasteiger partial charge in [0.15, 0.2) is 11.6 Å². The lowest BCUT2D eigenvalue weighted by Gasteiger charge is -2.07. The van der Waals surface area contributed by atoms with Gasteiger partial charge in [-0.3, -0.25) is 0 Å². The van der Waals surface area contributed by atoms with Gasteiger partial charge in [0, 0.05) is 10.5 Å². The molecule has 0 saturated carbocycles. The van der Waals surface area contributed by atoms with Crippen LogP contribution in [0.2, 0.25) is 0 Å². The molecule has 2 rings (SSSR count). The molecule has 90 valence electrons. The van der Waals surface area contributed by atoms with E-state index < -0.39 is 11.6 Å². The first-order chi connectivity index (χ1) is 8.58. The van der Waals surface area contributed by atoms with Crippen LogP contribution in [-0.4, -0.2) is 0 Å². The zero-order valence-corrected chi connectivity index (χ0v) is 10.5. The summed E-state index contributed by atoms with van der Waals surface area (Å²) in [6.45, 7) is 0. The second kappa shape index (κ2) is 5.15. The van der Waals surface area contributed by atoms with Crippen molar-refractivity contribution in [2.24, 2.45) is 0 Å². The van der Waals surface area contributed by atoms with Gasteiger partial charge in [0.05, 0.1) is 11.6 Å². The van der Waals surface area contributed by atoms with E-state index in [4.69, 9.17) is 10.00 Å². The number of ether oxygens (including phenoxy) is 1. The molecule has 0 saturated heterocycles. The highest BCUT2D eigenvalue weighted by Gasteiger charge is 2.07. The van der Waals surface area contributed by atoms with Gasteiger partial charge in [0.2, 0.25) is 0 Å². The molecule has 0 spiro atoms. The number of rotatable bonds is 2. The molecule has 0 bridgehead atoms. The molecule has 0 aliphatic heterocycles. The van der Waals surface area contributed by atoms with E-state index in [2.05, 4.69) is 15.9 Å². The third kappa shape index (κ3) is 2.84. The molecule has 18 heavy (non-hydrogen) atoms. The van der Waals surface area contributed by atoms with E-state index in [1.165, 1.54) is 24.3 Å². The largest absolute Gasteiger partial charge is 0.454 e. The highest BCUT2D eigenvalue weighted by Crippen LogP contribution is 2.28. The van der Waals surface area contributed by atoms with Crippen molar-refractivity contribution in [1.82, 2.24) is 0 Å². The Hall–Kier alpha value is -1.93. The van der Waals surface area contributed by atoms with E-state index in [0.717, 1.165) is 12.1 Å². The molecular weight excluding hydrogens is 304 g/mol. The third-order valence-corrected chi connectivity index (χ3v) is 2.58. The summed E-state index contributed by atoms with van der Waals surface area (Å²) >= 11 is 3.11. The molecule has 0 radical (unpaired) electrons. The van der Waals surface area contributed by atoms with Crippen molar-refractivity contribution < 1.29 is 13.5 Å². The Morgan fingerprint density at radius 2 is 1.89 bits per heavy atom. The predicted octanol–water partition coefficient (Wildman–Crippen LogP) is 4.39. The SMILES string of the molecule is N#Cc1ccc(Oc2cc(F)cc(Br)c2)c(F)c1. The highest BCUT2D eigenvalue weighted by molar-refractivity contribution is 9.10. The Kier molecular flexibility index (Phi) is 3.58. The molecule has 0 aliphatic rings. The van der Waals surface area contributed by atoms with Crippen molar-refractivity contribution in [3.8, 4) is 17.6 Å². The molecule has 2 aromatic rings. The number of benzene rings is 2. The maximum atomic E-state index is 13.5. The number of nitriles is 1. The molecule has 0 fully saturated rings. The summed E-state index contributed by atoms with van der Waals surface area (Å²) in [7, 11) is 0. The molecule has 2 aromatic carbocycles. The summed E-state index contributed by atoms with van der Waals surface area (Å²) in [4.78, 5) is 0. The number of halogens is 3. The van der Waals surface area contributed by atoms with Crippen LogP contribution in [0.5, 0.6) is 11.5 Å². The van der Waals surface area contributed by atoms with Crippen LogP contribution in [0.25, 0.3) is 0 Å². The Balaban J connectivity index is 2.31. The van der Waals surface area contributed by atoms with Crippen molar-refractivity contribution in [2.45, 2.75) is 0 Å². The molecule has 0 unspecified atom stereocenters. The molecular formula is C13H6BrF2NO. The monoisotopic (exact) mass is 309 g/mol. The fraction of sp³-hybridized carbons (Fsp3) is 0. The number of hydrogen-bond acceptors (Lipinski definition) is 2. The Labute approximate surface area is 111 Å². The van der Waals surface area contributed by atoms with Crippen LogP contribution in [0.4, 0.5) is 8.78 Å². The quantitative estimate of drug-likeness (QED) is 0.824. The highest BCUT2D eigenvalue weighted by atomic mass is 79.9. The standard InChI is InChI=1S/C13H6BrF2NO/c14-9-4-10(15)6-11(5-9)18-13-2-1-8(7-17)3-12(13)16/h1-6H. The lowest BCUT2D eigenvalue weighted by atomic mass is 10.2. The molecule has 0 N–H and O–H groups in total. The molecule has 5 heteroatoms. The van der Waals surface area contributed by atoms with Crippen molar-refractivity contribution >= 4 is 15.9 Å². The summed E-state index contributed by atoms with van der Waals surface area (Å²) in [6, 6.07) is 9.54. The average molecular weight is 310 g/mol. The lowest BCUT2D eigenvalue weighted by molar-refractivity contribution is 0.438. The van der Waals surface area contributed by atoms with Gasteiger partial charge >= 0.3 is 0 Å². The van der Waals surface area contributed by atoms with Crippen molar-refractivity contribution in [2.75, 3.05) is 0 Å². The van der Waals surface area contributed by atoms with Gasteiger partial charge in [-0.2, -0.15) is 5.26 Å². The zero-order valence-electron chi connectivity index (χ0n) is 8.95. The molecule has 0 amide bonds. The van der Waals surface area contributed by atoms with Gasteiger partial charge in [-0.25, -0.2) is 8.78 Å². The molecule has 0 aliphatic carbocycles. The summed E-state index contributed by atoms with van der Waals surface area (Å²) < 4.78 is 32.4. The first kappa shape index (κ1) is 12.5. The van der Waals surface area contributed by atoms with Gasteiger partial charge in [-0.1, -0.05) is 15.9 Å². The first-order valence-corrected chi connectivity index (χ1v) is 5.71. The van der Waals surface area contributed by atoms with E-state index in [1.54, 1.807) is 0 Å². The normalized spacial score (nSPS) is 9.89. The van der Waals surface area contributed by atoms with Crippen molar-refractivity contribution in [3.05, 3.63) is 58.1 Å². The molecule has 0 heterocycles. The third-order valence-electron chi connectivity index (χ3n) is 2.12. The molecule has 0 atom stereocenters. The van der Waals surface area contributed by atoms with Crippen LogP contribution < -0.4 is 4.74 Å². The van der Waals surface area contributed by atoms with Gasteiger partial charge in [0.1, 0.15) is 11.6 Å². The van der Waals surface area contributed by atoms with Gasteiger partial charge < -0.3 is 4.74 Å².